The third kappa shape index (κ3) is 3.23. The van der Waals surface area contributed by atoms with Crippen molar-refractivity contribution in [1.29, 1.82) is 0 Å². The fraction of sp³-hybridized carbons (Fsp3) is 0.348. The van der Waals surface area contributed by atoms with E-state index in [-0.39, 0.29) is 6.04 Å². The van der Waals surface area contributed by atoms with Crippen LogP contribution in [0.5, 0.6) is 0 Å². The van der Waals surface area contributed by atoms with E-state index in [1.807, 2.05) is 36.0 Å². The van der Waals surface area contributed by atoms with Crippen molar-refractivity contribution >= 4 is 29.0 Å². The Morgan fingerprint density at radius 2 is 1.85 bits per heavy atom. The maximum atomic E-state index is 6.25. The summed E-state index contributed by atoms with van der Waals surface area (Å²) in [6.45, 7) is 4.16. The van der Waals surface area contributed by atoms with E-state index in [0.29, 0.717) is 27.9 Å². The zero-order valence-corrected chi connectivity index (χ0v) is 19.8. The average Bonchev–Trinajstić information content (AvgIpc) is 3.39. The molecule has 4 aromatic rings. The second kappa shape index (κ2) is 7.81. The van der Waals surface area contributed by atoms with Crippen LogP contribution in [-0.2, 0) is 0 Å². The molecule has 0 spiro atoms. The van der Waals surface area contributed by atoms with Crippen LogP contribution in [0.4, 0.5) is 5.82 Å². The highest BCUT2D eigenvalue weighted by atomic mass is 35.5. The molecular weight excluding hydrogens is 459 g/mol. The van der Waals surface area contributed by atoms with Gasteiger partial charge in [0.05, 0.1) is 12.2 Å². The van der Waals surface area contributed by atoms with Crippen molar-refractivity contribution in [3.8, 4) is 23.0 Å². The lowest BCUT2D eigenvalue weighted by atomic mass is 9.89. The highest BCUT2D eigenvalue weighted by molar-refractivity contribution is 6.35. The quantitative estimate of drug-likeness (QED) is 0.391. The summed E-state index contributed by atoms with van der Waals surface area (Å²) in [6, 6.07) is 5.95. The molecule has 168 valence electrons. The monoisotopic (exact) mass is 480 g/mol. The van der Waals surface area contributed by atoms with Crippen molar-refractivity contribution in [2.75, 3.05) is 4.90 Å². The molecule has 0 radical (unpaired) electrons. The molecule has 1 saturated carbocycles. The number of benzene rings is 1. The minimum atomic E-state index is 0.126. The van der Waals surface area contributed by atoms with Gasteiger partial charge in [0.25, 0.3) is 0 Å². The van der Waals surface area contributed by atoms with Crippen LogP contribution in [0.25, 0.3) is 23.0 Å². The van der Waals surface area contributed by atoms with Crippen LogP contribution in [-0.4, -0.2) is 40.3 Å². The molecule has 1 aliphatic carbocycles. The Morgan fingerprint density at radius 3 is 2.55 bits per heavy atom. The van der Waals surface area contributed by atoms with Crippen LogP contribution >= 0.6 is 23.2 Å². The minimum Gasteiger partial charge on any atom is -0.341 e. The Labute approximate surface area is 201 Å². The van der Waals surface area contributed by atoms with Crippen molar-refractivity contribution in [2.24, 2.45) is 0 Å². The van der Waals surface area contributed by atoms with Gasteiger partial charge in [0.2, 0.25) is 5.95 Å². The lowest BCUT2D eigenvalue weighted by molar-refractivity contribution is 0.341. The molecule has 0 N–H and O–H groups in total. The molecule has 10 heteroatoms. The summed E-state index contributed by atoms with van der Waals surface area (Å²) in [7, 11) is 0. The number of hydrogen-bond donors (Lipinski definition) is 0. The maximum Gasteiger partial charge on any atom is 0.237 e. The van der Waals surface area contributed by atoms with Gasteiger partial charge in [-0.15, -0.1) is 10.2 Å². The Balaban J connectivity index is 1.52. The van der Waals surface area contributed by atoms with E-state index in [2.05, 4.69) is 31.6 Å². The molecule has 1 aromatic carbocycles. The first-order chi connectivity index (χ1) is 16.0. The Kier molecular flexibility index (Phi) is 4.88. The van der Waals surface area contributed by atoms with Gasteiger partial charge in [-0.05, 0) is 50.8 Å². The van der Waals surface area contributed by atoms with Gasteiger partial charge in [-0.2, -0.15) is 4.98 Å². The van der Waals surface area contributed by atoms with Gasteiger partial charge < -0.3 is 4.90 Å². The third-order valence-corrected chi connectivity index (χ3v) is 6.97. The van der Waals surface area contributed by atoms with Gasteiger partial charge in [-0.3, -0.25) is 9.13 Å². The molecule has 6 rings (SSSR count). The summed E-state index contributed by atoms with van der Waals surface area (Å²) in [5, 5.41) is 9.99. The fourth-order valence-electron chi connectivity index (χ4n) is 4.82. The zero-order chi connectivity index (χ0) is 22.7. The summed E-state index contributed by atoms with van der Waals surface area (Å²) in [4.78, 5) is 16.8. The van der Waals surface area contributed by atoms with Crippen molar-refractivity contribution < 1.29 is 0 Å². The van der Waals surface area contributed by atoms with Crippen LogP contribution in [0, 0.1) is 6.92 Å². The van der Waals surface area contributed by atoms with E-state index in [4.69, 9.17) is 33.2 Å². The molecule has 1 atom stereocenters. The molecule has 0 bridgehead atoms. The lowest BCUT2D eigenvalue weighted by Gasteiger charge is -2.45. The fourth-order valence-corrected chi connectivity index (χ4v) is 5.34. The molecular formula is C23H22Cl2N8. The second-order valence-corrected chi connectivity index (χ2v) is 9.39. The Bertz CT molecular complexity index is 1340. The number of nitrogens with zero attached hydrogens (tertiary/aromatic N) is 8. The van der Waals surface area contributed by atoms with E-state index in [9.17, 15) is 0 Å². The van der Waals surface area contributed by atoms with E-state index in [1.165, 1.54) is 6.42 Å². The highest BCUT2D eigenvalue weighted by Crippen LogP contribution is 2.44. The van der Waals surface area contributed by atoms with Gasteiger partial charge in [-0.25, -0.2) is 9.97 Å². The molecule has 33 heavy (non-hydrogen) atoms. The van der Waals surface area contributed by atoms with E-state index < -0.39 is 0 Å². The molecule has 3 aromatic heterocycles. The smallest absolute Gasteiger partial charge is 0.237 e. The Morgan fingerprint density at radius 1 is 1.06 bits per heavy atom. The summed E-state index contributed by atoms with van der Waals surface area (Å²) < 4.78 is 3.96. The predicted octanol–water partition coefficient (Wildman–Crippen LogP) is 5.35. The van der Waals surface area contributed by atoms with Crippen molar-refractivity contribution in [3.63, 3.8) is 0 Å². The summed E-state index contributed by atoms with van der Waals surface area (Å²) in [6.07, 6.45) is 9.91. The maximum absolute atomic E-state index is 6.25. The van der Waals surface area contributed by atoms with Crippen LogP contribution in [0.2, 0.25) is 10.0 Å². The first-order valence-corrected chi connectivity index (χ1v) is 11.9. The van der Waals surface area contributed by atoms with Crippen molar-refractivity contribution in [3.05, 3.63) is 58.5 Å². The first kappa shape index (κ1) is 20.6. The molecule has 1 unspecified atom stereocenters. The van der Waals surface area contributed by atoms with Crippen LogP contribution < -0.4 is 4.90 Å². The molecule has 1 fully saturated rings. The number of halogens is 2. The topological polar surface area (TPSA) is 77.5 Å². The third-order valence-electron chi connectivity index (χ3n) is 6.54. The average molecular weight is 481 g/mol. The summed E-state index contributed by atoms with van der Waals surface area (Å²) >= 11 is 12.5. The SMILES string of the molecule is CCC1c2nnc(C)n2-c2cnc(-n3ccnc3-c3cc(Cl)cc(Cl)c3)nc2N1C1CCC1. The first-order valence-electron chi connectivity index (χ1n) is 11.1. The molecule has 1 aliphatic heterocycles. The zero-order valence-electron chi connectivity index (χ0n) is 18.3. The van der Waals surface area contributed by atoms with E-state index >= 15 is 0 Å². The van der Waals surface area contributed by atoms with Gasteiger partial charge >= 0.3 is 0 Å². The number of imidazole rings is 1. The normalized spacial score (nSPS) is 17.6. The molecule has 4 heterocycles. The van der Waals surface area contributed by atoms with Crippen molar-refractivity contribution in [1.82, 2.24) is 34.3 Å². The van der Waals surface area contributed by atoms with Gasteiger partial charge in [-0.1, -0.05) is 30.1 Å². The number of aromatic nitrogens is 7. The van der Waals surface area contributed by atoms with Crippen LogP contribution in [0.3, 0.4) is 0 Å². The lowest BCUT2D eigenvalue weighted by Crippen LogP contribution is -2.46. The van der Waals surface area contributed by atoms with Gasteiger partial charge in [0.15, 0.2) is 11.6 Å². The van der Waals surface area contributed by atoms with Crippen molar-refractivity contribution in [2.45, 2.75) is 51.6 Å². The second-order valence-electron chi connectivity index (χ2n) is 8.51. The molecule has 0 amide bonds. The largest absolute Gasteiger partial charge is 0.341 e. The van der Waals surface area contributed by atoms with Crippen LogP contribution in [0.1, 0.15) is 50.3 Å². The summed E-state index contributed by atoms with van der Waals surface area (Å²) in [5.74, 6) is 3.94. The number of anilines is 1. The number of rotatable bonds is 4. The molecule has 2 aliphatic rings. The van der Waals surface area contributed by atoms with E-state index in [0.717, 1.165) is 48.0 Å². The van der Waals surface area contributed by atoms with Crippen LogP contribution in [0.15, 0.2) is 36.8 Å². The van der Waals surface area contributed by atoms with E-state index in [1.54, 1.807) is 12.3 Å². The number of aryl methyl sites for hydroxylation is 1. The number of fused-ring (bicyclic) bond motifs is 3. The molecule has 8 nitrogen and oxygen atoms in total. The standard InChI is InChI=1S/C23H22Cl2N8/c1-3-18-22-30-29-13(2)32(22)19-12-27-23(28-21(19)33(18)17-5-4-6-17)31-8-7-26-20(31)14-9-15(24)11-16(25)10-14/h7-12,17-18H,3-6H2,1-2H3. The molecule has 0 saturated heterocycles. The predicted molar refractivity (Wildman–Crippen MR) is 127 cm³/mol. The highest BCUT2D eigenvalue weighted by Gasteiger charge is 2.40. The van der Waals surface area contributed by atoms with Gasteiger partial charge in [0, 0.05) is 34.0 Å². The summed E-state index contributed by atoms with van der Waals surface area (Å²) in [5.41, 5.74) is 1.72. The minimum absolute atomic E-state index is 0.126. The number of hydrogen-bond acceptors (Lipinski definition) is 6. The van der Waals surface area contributed by atoms with Gasteiger partial charge in [0.1, 0.15) is 17.3 Å². The Hall–Kier alpha value is -2.97.